The standard InChI is InChI=1S/C8H17NO2.ClH/c1-3-5-8(9,6-4-2)7(10)11;/h3-6,9H2,1-2H3,(H,10,11);1H. The SMILES string of the molecule is CCCC(N)(CCC)C(=O)O.Cl. The van der Waals surface area contributed by atoms with E-state index >= 15 is 0 Å². The van der Waals surface area contributed by atoms with E-state index in [-0.39, 0.29) is 12.4 Å². The fourth-order valence-electron chi connectivity index (χ4n) is 1.23. The number of carboxylic acid groups (broad SMARTS) is 1. The summed E-state index contributed by atoms with van der Waals surface area (Å²) in [6.07, 6.45) is 2.78. The van der Waals surface area contributed by atoms with Gasteiger partial charge in [-0.2, -0.15) is 0 Å². The second kappa shape index (κ2) is 6.26. The lowest BCUT2D eigenvalue weighted by molar-refractivity contribution is -0.144. The van der Waals surface area contributed by atoms with Crippen molar-refractivity contribution >= 4 is 18.4 Å². The summed E-state index contributed by atoms with van der Waals surface area (Å²) in [7, 11) is 0. The number of rotatable bonds is 5. The van der Waals surface area contributed by atoms with Gasteiger partial charge < -0.3 is 10.8 Å². The van der Waals surface area contributed by atoms with Crippen molar-refractivity contribution in [1.82, 2.24) is 0 Å². The van der Waals surface area contributed by atoms with Gasteiger partial charge in [-0.05, 0) is 12.8 Å². The fraction of sp³-hybridized carbons (Fsp3) is 0.875. The van der Waals surface area contributed by atoms with Crippen molar-refractivity contribution in [2.75, 3.05) is 0 Å². The van der Waals surface area contributed by atoms with E-state index in [4.69, 9.17) is 10.8 Å². The van der Waals surface area contributed by atoms with Crippen molar-refractivity contribution < 1.29 is 9.90 Å². The van der Waals surface area contributed by atoms with Crippen molar-refractivity contribution in [3.63, 3.8) is 0 Å². The van der Waals surface area contributed by atoms with Crippen LogP contribution in [0.1, 0.15) is 39.5 Å². The van der Waals surface area contributed by atoms with E-state index in [1.807, 2.05) is 13.8 Å². The molecular weight excluding hydrogens is 178 g/mol. The molecule has 0 heterocycles. The normalized spacial score (nSPS) is 10.6. The number of nitrogens with two attached hydrogens (primary N) is 1. The van der Waals surface area contributed by atoms with Crippen LogP contribution in [0, 0.1) is 0 Å². The summed E-state index contributed by atoms with van der Waals surface area (Å²) in [6.45, 7) is 3.89. The Bertz CT molecular complexity index is 133. The molecule has 0 spiro atoms. The molecule has 0 aromatic rings. The highest BCUT2D eigenvalue weighted by Gasteiger charge is 2.31. The van der Waals surface area contributed by atoms with Crippen LogP contribution in [0.2, 0.25) is 0 Å². The van der Waals surface area contributed by atoms with Gasteiger partial charge in [0.15, 0.2) is 0 Å². The van der Waals surface area contributed by atoms with Gasteiger partial charge in [0.25, 0.3) is 0 Å². The molecular formula is C8H18ClNO2. The Labute approximate surface area is 79.7 Å². The van der Waals surface area contributed by atoms with Gasteiger partial charge in [-0.15, -0.1) is 12.4 Å². The van der Waals surface area contributed by atoms with Gasteiger partial charge >= 0.3 is 5.97 Å². The predicted octanol–water partition coefficient (Wildman–Crippen LogP) is 1.79. The monoisotopic (exact) mass is 195 g/mol. The van der Waals surface area contributed by atoms with E-state index in [1.165, 1.54) is 0 Å². The molecule has 0 fully saturated rings. The van der Waals surface area contributed by atoms with Gasteiger partial charge in [0.1, 0.15) is 5.54 Å². The summed E-state index contributed by atoms with van der Waals surface area (Å²) >= 11 is 0. The highest BCUT2D eigenvalue weighted by molar-refractivity contribution is 5.85. The molecule has 0 aliphatic heterocycles. The van der Waals surface area contributed by atoms with Gasteiger partial charge in [0.2, 0.25) is 0 Å². The van der Waals surface area contributed by atoms with Gasteiger partial charge in [-0.1, -0.05) is 26.7 Å². The third kappa shape index (κ3) is 3.93. The summed E-state index contributed by atoms with van der Waals surface area (Å²) in [4.78, 5) is 10.7. The first kappa shape index (κ1) is 14.3. The maximum atomic E-state index is 10.7. The number of carbonyl (C=O) groups is 1. The molecule has 4 heteroatoms. The predicted molar refractivity (Wildman–Crippen MR) is 51.6 cm³/mol. The summed E-state index contributed by atoms with van der Waals surface area (Å²) < 4.78 is 0. The minimum absolute atomic E-state index is 0. The van der Waals surface area contributed by atoms with Crippen LogP contribution in [0.5, 0.6) is 0 Å². The van der Waals surface area contributed by atoms with Crippen LogP contribution in [-0.4, -0.2) is 16.6 Å². The molecule has 3 N–H and O–H groups in total. The van der Waals surface area contributed by atoms with E-state index in [9.17, 15) is 4.79 Å². The van der Waals surface area contributed by atoms with Crippen LogP contribution in [-0.2, 0) is 4.79 Å². The number of halogens is 1. The van der Waals surface area contributed by atoms with Crippen LogP contribution < -0.4 is 5.73 Å². The molecule has 0 aliphatic carbocycles. The number of aliphatic carboxylic acids is 1. The molecule has 0 saturated carbocycles. The van der Waals surface area contributed by atoms with Crippen molar-refractivity contribution in [2.24, 2.45) is 5.73 Å². The molecule has 0 atom stereocenters. The first-order valence-electron chi connectivity index (χ1n) is 4.09. The molecule has 0 aliphatic rings. The minimum atomic E-state index is -0.983. The Morgan fingerprint density at radius 2 is 1.67 bits per heavy atom. The van der Waals surface area contributed by atoms with Gasteiger partial charge in [0.05, 0.1) is 0 Å². The fourth-order valence-corrected chi connectivity index (χ4v) is 1.23. The third-order valence-electron chi connectivity index (χ3n) is 1.82. The Morgan fingerprint density at radius 1 is 1.33 bits per heavy atom. The quantitative estimate of drug-likeness (QED) is 0.703. The molecule has 74 valence electrons. The first-order chi connectivity index (χ1) is 5.06. The Kier molecular flexibility index (Phi) is 7.44. The zero-order chi connectivity index (χ0) is 8.91. The molecule has 0 unspecified atom stereocenters. The van der Waals surface area contributed by atoms with Crippen LogP contribution in [0.15, 0.2) is 0 Å². The van der Waals surface area contributed by atoms with Crippen LogP contribution in [0.3, 0.4) is 0 Å². The van der Waals surface area contributed by atoms with E-state index in [1.54, 1.807) is 0 Å². The lowest BCUT2D eigenvalue weighted by Crippen LogP contribution is -2.47. The smallest absolute Gasteiger partial charge is 0.323 e. The molecule has 0 radical (unpaired) electrons. The largest absolute Gasteiger partial charge is 0.480 e. The molecule has 0 rings (SSSR count). The van der Waals surface area contributed by atoms with E-state index in [0.29, 0.717) is 12.8 Å². The molecule has 0 bridgehead atoms. The first-order valence-corrected chi connectivity index (χ1v) is 4.09. The van der Waals surface area contributed by atoms with Crippen LogP contribution >= 0.6 is 12.4 Å². The second-order valence-electron chi connectivity index (χ2n) is 2.96. The van der Waals surface area contributed by atoms with Crippen molar-refractivity contribution in [2.45, 2.75) is 45.1 Å². The minimum Gasteiger partial charge on any atom is -0.480 e. The zero-order valence-corrected chi connectivity index (χ0v) is 8.49. The maximum absolute atomic E-state index is 10.7. The summed E-state index contributed by atoms with van der Waals surface area (Å²) in [5.41, 5.74) is 4.68. The molecule has 3 nitrogen and oxygen atoms in total. The Hall–Kier alpha value is -0.280. The lowest BCUT2D eigenvalue weighted by Gasteiger charge is -2.22. The highest BCUT2D eigenvalue weighted by Crippen LogP contribution is 2.16. The molecule has 0 saturated heterocycles. The highest BCUT2D eigenvalue weighted by atomic mass is 35.5. The number of carboxylic acids is 1. The molecule has 0 amide bonds. The van der Waals surface area contributed by atoms with Gasteiger partial charge in [-0.3, -0.25) is 4.79 Å². The maximum Gasteiger partial charge on any atom is 0.323 e. The molecule has 12 heavy (non-hydrogen) atoms. The topological polar surface area (TPSA) is 63.3 Å². The van der Waals surface area contributed by atoms with Crippen LogP contribution in [0.4, 0.5) is 0 Å². The Morgan fingerprint density at radius 3 is 1.83 bits per heavy atom. The third-order valence-corrected chi connectivity index (χ3v) is 1.82. The van der Waals surface area contributed by atoms with E-state index in [0.717, 1.165) is 12.8 Å². The molecule has 0 aromatic carbocycles. The van der Waals surface area contributed by atoms with Crippen molar-refractivity contribution in [1.29, 1.82) is 0 Å². The summed E-state index contributed by atoms with van der Waals surface area (Å²) in [5, 5.41) is 8.77. The van der Waals surface area contributed by atoms with E-state index < -0.39 is 11.5 Å². The Balaban J connectivity index is 0. The second-order valence-corrected chi connectivity index (χ2v) is 2.96. The molecule has 0 aromatic heterocycles. The van der Waals surface area contributed by atoms with Gasteiger partial charge in [-0.25, -0.2) is 0 Å². The van der Waals surface area contributed by atoms with Crippen molar-refractivity contribution in [3.8, 4) is 0 Å². The lowest BCUT2D eigenvalue weighted by atomic mass is 9.90. The zero-order valence-electron chi connectivity index (χ0n) is 7.67. The van der Waals surface area contributed by atoms with Gasteiger partial charge in [0, 0.05) is 0 Å². The number of hydrogen-bond donors (Lipinski definition) is 2. The van der Waals surface area contributed by atoms with E-state index in [2.05, 4.69) is 0 Å². The average molecular weight is 196 g/mol. The summed E-state index contributed by atoms with van der Waals surface area (Å²) in [5.74, 6) is -0.874. The van der Waals surface area contributed by atoms with Crippen LogP contribution in [0.25, 0.3) is 0 Å². The van der Waals surface area contributed by atoms with Crippen molar-refractivity contribution in [3.05, 3.63) is 0 Å². The number of hydrogen-bond acceptors (Lipinski definition) is 2. The average Bonchev–Trinajstić information content (AvgIpc) is 1.88. The summed E-state index contributed by atoms with van der Waals surface area (Å²) in [6, 6.07) is 0.